The highest BCUT2D eigenvalue weighted by Gasteiger charge is 2.42. The van der Waals surface area contributed by atoms with Crippen LogP contribution in [0.15, 0.2) is 42.5 Å². The Hall–Kier alpha value is -3.97. The molecule has 1 unspecified atom stereocenters. The fourth-order valence-electron chi connectivity index (χ4n) is 5.43. The Morgan fingerprint density at radius 2 is 1.81 bits per heavy atom. The minimum atomic E-state index is -4.03. The van der Waals surface area contributed by atoms with Crippen LogP contribution < -0.4 is 11.1 Å². The average molecular weight is 612 g/mol. The molecule has 1 fully saturated rings. The second-order valence-electron chi connectivity index (χ2n) is 11.1. The van der Waals surface area contributed by atoms with Crippen molar-refractivity contribution in [3.8, 4) is 0 Å². The molecular weight excluding hydrogens is 570 g/mol. The number of nitrogens with one attached hydrogen (secondary N) is 2. The molecular formula is C30H41N7O5S. The monoisotopic (exact) mass is 611 g/mol. The third-order valence-corrected chi connectivity index (χ3v) is 9.67. The van der Waals surface area contributed by atoms with Crippen LogP contribution in [-0.4, -0.2) is 83.9 Å². The lowest BCUT2D eigenvalue weighted by molar-refractivity contribution is -0.140. The minimum Gasteiger partial charge on any atom is -0.465 e. The van der Waals surface area contributed by atoms with Gasteiger partial charge in [-0.25, -0.2) is 17.7 Å². The third kappa shape index (κ3) is 7.16. The second kappa shape index (κ2) is 13.1. The van der Waals surface area contributed by atoms with E-state index in [1.165, 1.54) is 7.05 Å². The zero-order chi connectivity index (χ0) is 31.4. The number of rotatable bonds is 12. The Balaban J connectivity index is 1.64. The number of likely N-dealkylation sites (N-methyl/N-ethyl adjacent to an activating group) is 1. The Morgan fingerprint density at radius 1 is 1.14 bits per heavy atom. The molecule has 1 saturated heterocycles. The van der Waals surface area contributed by atoms with Crippen LogP contribution in [0.1, 0.15) is 50.1 Å². The fraction of sp³-hybridized carbons (Fsp3) is 0.467. The number of carbonyl (C=O) groups is 2. The van der Waals surface area contributed by atoms with E-state index >= 15 is 0 Å². The lowest BCUT2D eigenvalue weighted by atomic mass is 9.80. The summed E-state index contributed by atoms with van der Waals surface area (Å²) in [5.74, 6) is -1.01. The Labute approximate surface area is 252 Å². The van der Waals surface area contributed by atoms with E-state index in [0.717, 1.165) is 40.6 Å². The maximum atomic E-state index is 14.1. The zero-order valence-electron chi connectivity index (χ0n) is 25.2. The molecule has 3 aromatic rings. The summed E-state index contributed by atoms with van der Waals surface area (Å²) in [7, 11) is -0.726. The van der Waals surface area contributed by atoms with Gasteiger partial charge in [-0.2, -0.15) is 0 Å². The molecule has 1 aliphatic heterocycles. The fourth-order valence-corrected chi connectivity index (χ4v) is 6.49. The van der Waals surface area contributed by atoms with Gasteiger partial charge in [0.1, 0.15) is 11.7 Å². The molecule has 1 atom stereocenters. The number of aromatic nitrogens is 2. The van der Waals surface area contributed by atoms with Gasteiger partial charge >= 0.3 is 5.97 Å². The summed E-state index contributed by atoms with van der Waals surface area (Å²) in [6.07, 6.45) is 2.84. The van der Waals surface area contributed by atoms with Crippen LogP contribution in [0.4, 0.5) is 5.69 Å². The summed E-state index contributed by atoms with van der Waals surface area (Å²) in [5, 5.41) is 10.9. The SMILES string of the molecule is CCOC(=O)CS(=O)(=O)N(C)CC(C)(C(=O)N1CCCCC1)c1ccc2c(c1)nc(CNc1ccc(C(=N)N)cc1)n2C. The number of nitrogen functional groups attached to an aromatic ring is 1. The Morgan fingerprint density at radius 3 is 2.44 bits per heavy atom. The molecule has 0 aliphatic carbocycles. The molecule has 43 heavy (non-hydrogen) atoms. The molecule has 232 valence electrons. The van der Waals surface area contributed by atoms with Crippen LogP contribution in [0.2, 0.25) is 0 Å². The van der Waals surface area contributed by atoms with E-state index in [4.69, 9.17) is 20.9 Å². The molecule has 2 heterocycles. The summed E-state index contributed by atoms with van der Waals surface area (Å²) in [5.41, 5.74) is 8.00. The van der Waals surface area contributed by atoms with E-state index in [0.29, 0.717) is 36.3 Å². The van der Waals surface area contributed by atoms with Crippen molar-refractivity contribution in [1.82, 2.24) is 18.8 Å². The van der Waals surface area contributed by atoms with Crippen molar-refractivity contribution < 1.29 is 22.7 Å². The molecule has 1 aliphatic rings. The highest BCUT2D eigenvalue weighted by Crippen LogP contribution is 2.32. The van der Waals surface area contributed by atoms with Gasteiger partial charge in [0.05, 0.1) is 29.6 Å². The van der Waals surface area contributed by atoms with Crippen molar-refractivity contribution in [2.24, 2.45) is 12.8 Å². The van der Waals surface area contributed by atoms with Crippen molar-refractivity contribution >= 4 is 44.5 Å². The molecule has 1 aromatic heterocycles. The van der Waals surface area contributed by atoms with Gasteiger partial charge in [0.25, 0.3) is 0 Å². The number of piperidine rings is 1. The number of imidazole rings is 1. The summed E-state index contributed by atoms with van der Waals surface area (Å²) < 4.78 is 34.1. The van der Waals surface area contributed by atoms with Crippen molar-refractivity contribution in [1.29, 1.82) is 5.41 Å². The smallest absolute Gasteiger partial charge is 0.322 e. The van der Waals surface area contributed by atoms with Crippen LogP contribution >= 0.6 is 0 Å². The lowest BCUT2D eigenvalue weighted by Gasteiger charge is -2.38. The number of ether oxygens (including phenoxy) is 1. The predicted molar refractivity (Wildman–Crippen MR) is 166 cm³/mol. The van der Waals surface area contributed by atoms with Gasteiger partial charge in [-0.1, -0.05) is 6.07 Å². The van der Waals surface area contributed by atoms with E-state index in [1.54, 1.807) is 26.0 Å². The first-order chi connectivity index (χ1) is 20.4. The van der Waals surface area contributed by atoms with Crippen LogP contribution in [0.5, 0.6) is 0 Å². The molecule has 12 nitrogen and oxygen atoms in total. The molecule has 0 radical (unpaired) electrons. The number of amidine groups is 1. The molecule has 0 spiro atoms. The number of aryl methyl sites for hydroxylation is 1. The Bertz CT molecular complexity index is 1600. The van der Waals surface area contributed by atoms with Crippen LogP contribution in [0.25, 0.3) is 11.0 Å². The van der Waals surface area contributed by atoms with Gasteiger partial charge < -0.3 is 25.3 Å². The number of carbonyl (C=O) groups excluding carboxylic acids is 2. The zero-order valence-corrected chi connectivity index (χ0v) is 26.0. The quantitative estimate of drug-likeness (QED) is 0.160. The molecule has 2 aromatic carbocycles. The average Bonchev–Trinajstić information content (AvgIpc) is 3.30. The largest absolute Gasteiger partial charge is 0.465 e. The van der Waals surface area contributed by atoms with Crippen molar-refractivity contribution in [3.63, 3.8) is 0 Å². The highest BCUT2D eigenvalue weighted by molar-refractivity contribution is 7.89. The number of hydrogen-bond acceptors (Lipinski definition) is 8. The number of hydrogen-bond donors (Lipinski definition) is 3. The molecule has 1 amide bonds. The summed E-state index contributed by atoms with van der Waals surface area (Å²) in [4.78, 5) is 32.8. The summed E-state index contributed by atoms with van der Waals surface area (Å²) in [6.45, 7) is 4.97. The number of amides is 1. The van der Waals surface area contributed by atoms with E-state index in [1.807, 2.05) is 46.8 Å². The van der Waals surface area contributed by atoms with E-state index in [-0.39, 0.29) is 24.9 Å². The molecule has 0 bridgehead atoms. The van der Waals surface area contributed by atoms with Crippen LogP contribution in [0, 0.1) is 5.41 Å². The lowest BCUT2D eigenvalue weighted by Crippen LogP contribution is -2.53. The molecule has 4 N–H and O–H groups in total. The normalized spacial score (nSPS) is 15.3. The predicted octanol–water partition coefficient (Wildman–Crippen LogP) is 2.56. The van der Waals surface area contributed by atoms with Crippen molar-refractivity contribution in [2.75, 3.05) is 44.4 Å². The van der Waals surface area contributed by atoms with Gasteiger partial charge in [0.15, 0.2) is 5.75 Å². The van der Waals surface area contributed by atoms with E-state index in [9.17, 15) is 18.0 Å². The number of nitrogens with zero attached hydrogens (tertiary/aromatic N) is 4. The maximum Gasteiger partial charge on any atom is 0.322 e. The van der Waals surface area contributed by atoms with Crippen molar-refractivity contribution in [2.45, 2.75) is 45.1 Å². The third-order valence-electron chi connectivity index (χ3n) is 7.99. The first kappa shape index (κ1) is 32.0. The van der Waals surface area contributed by atoms with Gasteiger partial charge in [-0.15, -0.1) is 0 Å². The van der Waals surface area contributed by atoms with Gasteiger partial charge in [0, 0.05) is 45.0 Å². The first-order valence-corrected chi connectivity index (χ1v) is 16.0. The molecule has 4 rings (SSSR count). The molecule has 13 heteroatoms. The first-order valence-electron chi connectivity index (χ1n) is 14.4. The van der Waals surface area contributed by atoms with Crippen LogP contribution in [-0.2, 0) is 43.4 Å². The number of benzene rings is 2. The number of sulfonamides is 1. The number of likely N-dealkylation sites (tertiary alicyclic amines) is 1. The molecule has 0 saturated carbocycles. The van der Waals surface area contributed by atoms with E-state index < -0.39 is 27.2 Å². The van der Waals surface area contributed by atoms with Crippen LogP contribution in [0.3, 0.4) is 0 Å². The minimum absolute atomic E-state index is 0.00580. The van der Waals surface area contributed by atoms with Crippen molar-refractivity contribution in [3.05, 3.63) is 59.4 Å². The number of nitrogens with two attached hydrogens (primary N) is 1. The Kier molecular flexibility index (Phi) is 9.75. The maximum absolute atomic E-state index is 14.1. The number of esters is 1. The summed E-state index contributed by atoms with van der Waals surface area (Å²) >= 11 is 0. The highest BCUT2D eigenvalue weighted by atomic mass is 32.2. The van der Waals surface area contributed by atoms with Gasteiger partial charge in [-0.05, 0) is 75.1 Å². The second-order valence-corrected chi connectivity index (χ2v) is 13.2. The standard InChI is InChI=1S/C30H41N7O5S/c1-5-42-27(38)19-43(40,41)35(3)20-30(2,29(39)37-15-7-6-8-16-37)22-11-14-25-24(17-22)34-26(36(25)4)18-33-23-12-9-21(10-13-23)28(31)32/h9-14,17,33H,5-8,15-16,18-20H2,1-4H3,(H3,31,32). The van der Waals surface area contributed by atoms with Gasteiger partial charge in [0.2, 0.25) is 15.9 Å². The summed E-state index contributed by atoms with van der Waals surface area (Å²) in [6, 6.07) is 12.9. The number of fused-ring (bicyclic) bond motifs is 1. The number of anilines is 1. The van der Waals surface area contributed by atoms with E-state index in [2.05, 4.69) is 5.32 Å². The topological polar surface area (TPSA) is 164 Å². The van der Waals surface area contributed by atoms with Gasteiger partial charge in [-0.3, -0.25) is 15.0 Å².